The van der Waals surface area contributed by atoms with Gasteiger partial charge in [0.1, 0.15) is 0 Å². The molecule has 0 amide bonds. The highest BCUT2D eigenvalue weighted by Gasteiger charge is 2.06. The van der Waals surface area contributed by atoms with E-state index in [1.807, 2.05) is 13.8 Å². The van der Waals surface area contributed by atoms with Gasteiger partial charge in [-0.15, -0.1) is 15.3 Å². The molecule has 0 bridgehead atoms. The first-order chi connectivity index (χ1) is 5.77. The molecule has 0 spiro atoms. The molecule has 0 unspecified atom stereocenters. The third kappa shape index (κ3) is 1.01. The number of rotatable bonds is 1. The molecule has 1 N–H and O–H groups in total. The molecule has 12 heavy (non-hydrogen) atoms. The zero-order chi connectivity index (χ0) is 8.55. The average molecular weight is 164 g/mol. The fourth-order valence-electron chi connectivity index (χ4n) is 0.840. The van der Waals surface area contributed by atoms with Crippen molar-refractivity contribution in [1.82, 2.24) is 30.6 Å². The van der Waals surface area contributed by atoms with Crippen LogP contribution in [0.25, 0.3) is 11.3 Å². The SMILES string of the molecule is CC(C)c1nnc2nn[nH]c2n1. The number of nitrogens with zero attached hydrogens (tertiary/aromatic N) is 5. The Hall–Kier alpha value is -1.59. The van der Waals surface area contributed by atoms with Gasteiger partial charge in [0.15, 0.2) is 11.5 Å². The summed E-state index contributed by atoms with van der Waals surface area (Å²) in [5.41, 5.74) is 1.05. The monoisotopic (exact) mass is 164 g/mol. The summed E-state index contributed by atoms with van der Waals surface area (Å²) in [6, 6.07) is 0. The normalized spacial score (nSPS) is 11.2. The summed E-state index contributed by atoms with van der Waals surface area (Å²) >= 11 is 0. The molecule has 0 aromatic carbocycles. The number of aromatic amines is 1. The van der Waals surface area contributed by atoms with Crippen molar-refractivity contribution in [3.8, 4) is 0 Å². The molecule has 0 saturated heterocycles. The number of nitrogens with one attached hydrogen (secondary N) is 1. The van der Waals surface area contributed by atoms with E-state index in [1.54, 1.807) is 0 Å². The molecule has 0 atom stereocenters. The van der Waals surface area contributed by atoms with Gasteiger partial charge < -0.3 is 0 Å². The maximum atomic E-state index is 4.18. The lowest BCUT2D eigenvalue weighted by Gasteiger charge is -1.98. The Labute approximate surface area is 68.4 Å². The lowest BCUT2D eigenvalue weighted by molar-refractivity contribution is 0.748. The van der Waals surface area contributed by atoms with E-state index in [9.17, 15) is 0 Å². The minimum atomic E-state index is 0.269. The maximum absolute atomic E-state index is 4.18. The van der Waals surface area contributed by atoms with E-state index in [-0.39, 0.29) is 5.92 Å². The van der Waals surface area contributed by atoms with Crippen LogP contribution in [0.4, 0.5) is 0 Å². The second kappa shape index (κ2) is 2.47. The second-order valence-corrected chi connectivity index (χ2v) is 2.81. The summed E-state index contributed by atoms with van der Waals surface area (Å²) in [6.07, 6.45) is 0. The highest BCUT2D eigenvalue weighted by molar-refractivity contribution is 5.61. The molecule has 2 rings (SSSR count). The number of hydrogen-bond donors (Lipinski definition) is 1. The van der Waals surface area contributed by atoms with E-state index in [0.717, 1.165) is 0 Å². The van der Waals surface area contributed by atoms with Crippen LogP contribution in [0.2, 0.25) is 0 Å². The third-order valence-corrected chi connectivity index (χ3v) is 1.50. The van der Waals surface area contributed by atoms with Crippen molar-refractivity contribution < 1.29 is 0 Å². The van der Waals surface area contributed by atoms with Gasteiger partial charge in [0, 0.05) is 5.92 Å². The smallest absolute Gasteiger partial charge is 0.239 e. The van der Waals surface area contributed by atoms with Gasteiger partial charge >= 0.3 is 0 Å². The molecule has 0 aliphatic carbocycles. The maximum Gasteiger partial charge on any atom is 0.242 e. The van der Waals surface area contributed by atoms with Crippen molar-refractivity contribution in [2.75, 3.05) is 0 Å². The summed E-state index contributed by atoms with van der Waals surface area (Å²) in [4.78, 5) is 4.18. The molecule has 0 saturated carbocycles. The van der Waals surface area contributed by atoms with Crippen LogP contribution >= 0.6 is 0 Å². The predicted molar refractivity (Wildman–Crippen MR) is 41.4 cm³/mol. The molecular weight excluding hydrogens is 156 g/mol. The number of hydrogen-bond acceptors (Lipinski definition) is 5. The molecule has 2 aromatic heterocycles. The Bertz CT molecular complexity index is 392. The third-order valence-electron chi connectivity index (χ3n) is 1.50. The minimum absolute atomic E-state index is 0.269. The molecule has 0 radical (unpaired) electrons. The van der Waals surface area contributed by atoms with E-state index in [4.69, 9.17) is 0 Å². The van der Waals surface area contributed by atoms with Crippen molar-refractivity contribution in [3.63, 3.8) is 0 Å². The van der Waals surface area contributed by atoms with Crippen molar-refractivity contribution in [3.05, 3.63) is 5.82 Å². The first-order valence-electron chi connectivity index (χ1n) is 3.69. The molecule has 62 valence electrons. The standard InChI is InChI=1S/C6H8N6/c1-3(2)4-7-5-6(9-8-4)11-12-10-5/h3H,1-2H3,(H,7,8,9,10,11,12). The first kappa shape index (κ1) is 7.08. The van der Waals surface area contributed by atoms with Gasteiger partial charge in [0.25, 0.3) is 0 Å². The summed E-state index contributed by atoms with van der Waals surface area (Å²) in [5.74, 6) is 0.971. The van der Waals surface area contributed by atoms with Crippen molar-refractivity contribution in [2.24, 2.45) is 0 Å². The molecule has 0 fully saturated rings. The zero-order valence-electron chi connectivity index (χ0n) is 6.81. The lowest BCUT2D eigenvalue weighted by atomic mass is 10.2. The van der Waals surface area contributed by atoms with Gasteiger partial charge in [0.2, 0.25) is 5.65 Å². The Kier molecular flexibility index (Phi) is 1.46. The molecule has 0 aliphatic rings. The minimum Gasteiger partial charge on any atom is -0.239 e. The lowest BCUT2D eigenvalue weighted by Crippen LogP contribution is -1.99. The van der Waals surface area contributed by atoms with E-state index >= 15 is 0 Å². The predicted octanol–water partition coefficient (Wildman–Crippen LogP) is 0.266. The molecule has 6 heteroatoms. The summed E-state index contributed by atoms with van der Waals surface area (Å²) < 4.78 is 0. The molecular formula is C6H8N6. The van der Waals surface area contributed by atoms with Crippen molar-refractivity contribution in [1.29, 1.82) is 0 Å². The Morgan fingerprint density at radius 1 is 1.17 bits per heavy atom. The Morgan fingerprint density at radius 2 is 2.00 bits per heavy atom. The highest BCUT2D eigenvalue weighted by Crippen LogP contribution is 2.08. The van der Waals surface area contributed by atoms with Gasteiger partial charge in [-0.05, 0) is 0 Å². The second-order valence-electron chi connectivity index (χ2n) is 2.81. The Morgan fingerprint density at radius 3 is 2.75 bits per heavy atom. The molecule has 2 aromatic rings. The van der Waals surface area contributed by atoms with Crippen LogP contribution in [0.15, 0.2) is 0 Å². The van der Waals surface area contributed by atoms with Gasteiger partial charge in [-0.1, -0.05) is 19.1 Å². The Balaban J connectivity index is 2.60. The van der Waals surface area contributed by atoms with Gasteiger partial charge in [-0.25, -0.2) is 10.1 Å². The van der Waals surface area contributed by atoms with Crippen LogP contribution in [0.3, 0.4) is 0 Å². The fraction of sp³-hybridized carbons (Fsp3) is 0.500. The van der Waals surface area contributed by atoms with Crippen LogP contribution in [0.1, 0.15) is 25.6 Å². The van der Waals surface area contributed by atoms with E-state index in [0.29, 0.717) is 17.1 Å². The van der Waals surface area contributed by atoms with Crippen LogP contribution in [0.5, 0.6) is 0 Å². The highest BCUT2D eigenvalue weighted by atomic mass is 15.4. The van der Waals surface area contributed by atoms with E-state index < -0.39 is 0 Å². The zero-order valence-corrected chi connectivity index (χ0v) is 6.81. The van der Waals surface area contributed by atoms with E-state index in [1.165, 1.54) is 0 Å². The summed E-state index contributed by atoms with van der Waals surface area (Å²) in [6.45, 7) is 4.01. The number of fused-ring (bicyclic) bond motifs is 1. The van der Waals surface area contributed by atoms with Crippen LogP contribution < -0.4 is 0 Å². The average Bonchev–Trinajstić information content (AvgIpc) is 2.49. The van der Waals surface area contributed by atoms with Gasteiger partial charge in [-0.2, -0.15) is 0 Å². The largest absolute Gasteiger partial charge is 0.242 e. The van der Waals surface area contributed by atoms with Crippen LogP contribution in [-0.4, -0.2) is 30.6 Å². The van der Waals surface area contributed by atoms with Crippen LogP contribution in [-0.2, 0) is 0 Å². The van der Waals surface area contributed by atoms with Crippen molar-refractivity contribution >= 4 is 11.3 Å². The summed E-state index contributed by atoms with van der Waals surface area (Å²) in [7, 11) is 0. The molecule has 0 aliphatic heterocycles. The number of aromatic nitrogens is 6. The van der Waals surface area contributed by atoms with Crippen molar-refractivity contribution in [2.45, 2.75) is 19.8 Å². The fourth-order valence-corrected chi connectivity index (χ4v) is 0.840. The van der Waals surface area contributed by atoms with Crippen LogP contribution in [0, 0.1) is 0 Å². The topological polar surface area (TPSA) is 80.2 Å². The first-order valence-corrected chi connectivity index (χ1v) is 3.69. The number of H-pyrrole nitrogens is 1. The van der Waals surface area contributed by atoms with Gasteiger partial charge in [0.05, 0.1) is 0 Å². The quantitative estimate of drug-likeness (QED) is 0.654. The molecule has 2 heterocycles. The van der Waals surface area contributed by atoms with E-state index in [2.05, 4.69) is 30.6 Å². The summed E-state index contributed by atoms with van der Waals surface area (Å²) in [5, 5.41) is 17.6. The van der Waals surface area contributed by atoms with Gasteiger partial charge in [-0.3, -0.25) is 0 Å². The molecule has 6 nitrogen and oxygen atoms in total.